The average molecular weight is 236 g/mol. The van der Waals surface area contributed by atoms with E-state index in [0.29, 0.717) is 0 Å². The van der Waals surface area contributed by atoms with Gasteiger partial charge >= 0.3 is 0 Å². The Morgan fingerprint density at radius 1 is 1.24 bits per heavy atom. The average Bonchev–Trinajstić information content (AvgIpc) is 2.34. The summed E-state index contributed by atoms with van der Waals surface area (Å²) in [7, 11) is 0. The zero-order valence-electron chi connectivity index (χ0n) is 11.1. The molecule has 0 aliphatic rings. The molecule has 1 heterocycles. The Bertz CT molecular complexity index is 288. The lowest BCUT2D eigenvalue weighted by atomic mass is 10.1. The molecule has 3 nitrogen and oxygen atoms in total. The molecule has 0 bridgehead atoms. The molecular formula is C14H24N2O. The maximum atomic E-state index is 5.55. The molecule has 1 N–H and O–H groups in total. The zero-order chi connectivity index (χ0) is 12.5. The Labute approximate surface area is 105 Å². The van der Waals surface area contributed by atoms with Gasteiger partial charge in [-0.25, -0.2) is 0 Å². The molecule has 0 aromatic carbocycles. The number of rotatable bonds is 8. The zero-order valence-corrected chi connectivity index (χ0v) is 11.1. The standard InChI is InChI=1S/C14H24N2O/c1-12(2)7-10-17-11-9-15-13(3)14-6-4-5-8-16-14/h4-6,8,12-13,15H,7,9-11H2,1-3H3/t13-/m0/s1. The predicted octanol–water partition coefficient (Wildman–Crippen LogP) is 2.79. The van der Waals surface area contributed by atoms with Crippen molar-refractivity contribution in [3.8, 4) is 0 Å². The lowest BCUT2D eigenvalue weighted by Gasteiger charge is -2.13. The van der Waals surface area contributed by atoms with E-state index in [4.69, 9.17) is 4.74 Å². The second kappa shape index (κ2) is 8.20. The van der Waals surface area contributed by atoms with Gasteiger partial charge in [0.25, 0.3) is 0 Å². The van der Waals surface area contributed by atoms with Crippen molar-refractivity contribution in [2.45, 2.75) is 33.2 Å². The molecule has 0 saturated heterocycles. The third-order valence-corrected chi connectivity index (χ3v) is 2.67. The number of ether oxygens (including phenoxy) is 1. The quantitative estimate of drug-likeness (QED) is 0.705. The molecule has 0 saturated carbocycles. The molecular weight excluding hydrogens is 212 g/mol. The molecule has 0 unspecified atom stereocenters. The highest BCUT2D eigenvalue weighted by molar-refractivity contribution is 5.07. The highest BCUT2D eigenvalue weighted by Gasteiger charge is 2.04. The highest BCUT2D eigenvalue weighted by Crippen LogP contribution is 2.06. The maximum absolute atomic E-state index is 5.55. The summed E-state index contributed by atoms with van der Waals surface area (Å²) in [4.78, 5) is 4.31. The number of hydrogen-bond acceptors (Lipinski definition) is 3. The lowest BCUT2D eigenvalue weighted by molar-refractivity contribution is 0.123. The van der Waals surface area contributed by atoms with E-state index in [1.165, 1.54) is 0 Å². The molecule has 0 radical (unpaired) electrons. The summed E-state index contributed by atoms with van der Waals surface area (Å²) in [5.74, 6) is 0.718. The number of nitrogens with zero attached hydrogens (tertiary/aromatic N) is 1. The van der Waals surface area contributed by atoms with E-state index in [2.05, 4.69) is 31.1 Å². The van der Waals surface area contributed by atoms with Crippen LogP contribution in [0.2, 0.25) is 0 Å². The van der Waals surface area contributed by atoms with Gasteiger partial charge in [0.2, 0.25) is 0 Å². The minimum absolute atomic E-state index is 0.282. The van der Waals surface area contributed by atoms with Gasteiger partial charge in [0.1, 0.15) is 0 Å². The van der Waals surface area contributed by atoms with Crippen molar-refractivity contribution >= 4 is 0 Å². The Morgan fingerprint density at radius 3 is 2.71 bits per heavy atom. The Kier molecular flexibility index (Phi) is 6.82. The summed E-state index contributed by atoms with van der Waals surface area (Å²) in [6, 6.07) is 6.27. The number of nitrogens with one attached hydrogen (secondary N) is 1. The van der Waals surface area contributed by atoms with Crippen LogP contribution in [0.3, 0.4) is 0 Å². The van der Waals surface area contributed by atoms with Gasteiger partial charge in [-0.3, -0.25) is 4.98 Å². The van der Waals surface area contributed by atoms with Gasteiger partial charge in [-0.1, -0.05) is 19.9 Å². The van der Waals surface area contributed by atoms with Crippen LogP contribution in [0.1, 0.15) is 38.9 Å². The van der Waals surface area contributed by atoms with E-state index in [9.17, 15) is 0 Å². The topological polar surface area (TPSA) is 34.1 Å². The summed E-state index contributed by atoms with van der Waals surface area (Å²) >= 11 is 0. The fraction of sp³-hybridized carbons (Fsp3) is 0.643. The number of hydrogen-bond donors (Lipinski definition) is 1. The number of pyridine rings is 1. The van der Waals surface area contributed by atoms with E-state index in [-0.39, 0.29) is 6.04 Å². The molecule has 1 aromatic rings. The van der Waals surface area contributed by atoms with E-state index in [1.54, 1.807) is 0 Å². The maximum Gasteiger partial charge on any atom is 0.0591 e. The van der Waals surface area contributed by atoms with Crippen molar-refractivity contribution in [1.29, 1.82) is 0 Å². The summed E-state index contributed by atoms with van der Waals surface area (Å²) in [6.07, 6.45) is 2.96. The van der Waals surface area contributed by atoms with Crippen LogP contribution in [-0.2, 0) is 4.74 Å². The van der Waals surface area contributed by atoms with Crippen LogP contribution in [0.5, 0.6) is 0 Å². The van der Waals surface area contributed by atoms with Crippen LogP contribution in [0.4, 0.5) is 0 Å². The number of aromatic nitrogens is 1. The summed E-state index contributed by atoms with van der Waals surface area (Å²) in [6.45, 7) is 9.04. The van der Waals surface area contributed by atoms with E-state index < -0.39 is 0 Å². The van der Waals surface area contributed by atoms with Crippen molar-refractivity contribution in [1.82, 2.24) is 10.3 Å². The molecule has 0 aliphatic heterocycles. The van der Waals surface area contributed by atoms with Gasteiger partial charge < -0.3 is 10.1 Å². The van der Waals surface area contributed by atoms with Gasteiger partial charge in [0.15, 0.2) is 0 Å². The summed E-state index contributed by atoms with van der Waals surface area (Å²) in [5.41, 5.74) is 1.08. The first-order valence-electron chi connectivity index (χ1n) is 6.42. The SMILES string of the molecule is CC(C)CCOCCN[C@@H](C)c1ccccn1. The van der Waals surface area contributed by atoms with Crippen LogP contribution in [0.25, 0.3) is 0 Å². The largest absolute Gasteiger partial charge is 0.380 e. The van der Waals surface area contributed by atoms with Gasteiger partial charge in [-0.2, -0.15) is 0 Å². The molecule has 0 aliphatic carbocycles. The molecule has 1 rings (SSSR count). The summed E-state index contributed by atoms with van der Waals surface area (Å²) in [5, 5.41) is 3.40. The molecule has 1 atom stereocenters. The Hall–Kier alpha value is -0.930. The van der Waals surface area contributed by atoms with Crippen molar-refractivity contribution in [3.63, 3.8) is 0 Å². The van der Waals surface area contributed by atoms with Crippen LogP contribution in [0.15, 0.2) is 24.4 Å². The van der Waals surface area contributed by atoms with Crippen molar-refractivity contribution in [3.05, 3.63) is 30.1 Å². The van der Waals surface area contributed by atoms with E-state index in [0.717, 1.165) is 37.8 Å². The minimum Gasteiger partial charge on any atom is -0.380 e. The van der Waals surface area contributed by atoms with E-state index >= 15 is 0 Å². The fourth-order valence-corrected chi connectivity index (χ4v) is 1.51. The first-order valence-corrected chi connectivity index (χ1v) is 6.42. The van der Waals surface area contributed by atoms with Gasteiger partial charge in [-0.05, 0) is 31.4 Å². The predicted molar refractivity (Wildman–Crippen MR) is 70.9 cm³/mol. The van der Waals surface area contributed by atoms with Crippen LogP contribution >= 0.6 is 0 Å². The Morgan fingerprint density at radius 2 is 2.06 bits per heavy atom. The molecule has 0 spiro atoms. The molecule has 96 valence electrons. The first-order chi connectivity index (χ1) is 8.20. The van der Waals surface area contributed by atoms with Crippen molar-refractivity contribution < 1.29 is 4.74 Å². The van der Waals surface area contributed by atoms with Crippen LogP contribution in [-0.4, -0.2) is 24.7 Å². The van der Waals surface area contributed by atoms with Gasteiger partial charge in [0.05, 0.1) is 12.3 Å². The minimum atomic E-state index is 0.282. The second-order valence-corrected chi connectivity index (χ2v) is 4.73. The van der Waals surface area contributed by atoms with Gasteiger partial charge in [-0.15, -0.1) is 0 Å². The fourth-order valence-electron chi connectivity index (χ4n) is 1.51. The molecule has 0 fully saturated rings. The van der Waals surface area contributed by atoms with Crippen molar-refractivity contribution in [2.75, 3.05) is 19.8 Å². The third kappa shape index (κ3) is 6.39. The first kappa shape index (κ1) is 14.1. The van der Waals surface area contributed by atoms with Crippen LogP contribution in [0, 0.1) is 5.92 Å². The Balaban J connectivity index is 2.07. The lowest BCUT2D eigenvalue weighted by Crippen LogP contribution is -2.24. The van der Waals surface area contributed by atoms with E-state index in [1.807, 2.05) is 24.4 Å². The smallest absolute Gasteiger partial charge is 0.0591 e. The second-order valence-electron chi connectivity index (χ2n) is 4.73. The molecule has 1 aromatic heterocycles. The summed E-state index contributed by atoms with van der Waals surface area (Å²) < 4.78 is 5.55. The monoisotopic (exact) mass is 236 g/mol. The normalized spacial score (nSPS) is 12.9. The van der Waals surface area contributed by atoms with Gasteiger partial charge in [0, 0.05) is 25.4 Å². The highest BCUT2D eigenvalue weighted by atomic mass is 16.5. The molecule has 3 heteroatoms. The van der Waals surface area contributed by atoms with Crippen molar-refractivity contribution in [2.24, 2.45) is 5.92 Å². The molecule has 0 amide bonds. The van der Waals surface area contributed by atoms with Crippen LogP contribution < -0.4 is 5.32 Å². The third-order valence-electron chi connectivity index (χ3n) is 2.67. The molecule has 17 heavy (non-hydrogen) atoms.